The van der Waals surface area contributed by atoms with Gasteiger partial charge in [0.05, 0.1) is 16.4 Å². The van der Waals surface area contributed by atoms with E-state index in [1.807, 2.05) is 48.5 Å². The Morgan fingerprint density at radius 3 is 2.60 bits per heavy atom. The molecule has 0 N–H and O–H groups in total. The summed E-state index contributed by atoms with van der Waals surface area (Å²) in [5.41, 5.74) is 3.89. The molecule has 0 unspecified atom stereocenters. The van der Waals surface area contributed by atoms with Crippen LogP contribution < -0.4 is 5.56 Å². The fourth-order valence-corrected chi connectivity index (χ4v) is 4.52. The Balaban J connectivity index is 1.85. The van der Waals surface area contributed by atoms with E-state index in [0.717, 1.165) is 41.7 Å². The predicted molar refractivity (Wildman–Crippen MR) is 107 cm³/mol. The molecule has 0 saturated carbocycles. The van der Waals surface area contributed by atoms with Gasteiger partial charge in [-0.05, 0) is 41.5 Å². The molecule has 25 heavy (non-hydrogen) atoms. The van der Waals surface area contributed by atoms with E-state index in [1.165, 1.54) is 0 Å². The Bertz CT molecular complexity index is 1320. The van der Waals surface area contributed by atoms with Crippen molar-refractivity contribution in [2.24, 2.45) is 0 Å². The van der Waals surface area contributed by atoms with Crippen LogP contribution in [0, 0.1) is 0 Å². The molecule has 5 heteroatoms. The first kappa shape index (κ1) is 14.8. The van der Waals surface area contributed by atoms with Crippen molar-refractivity contribution in [3.05, 3.63) is 81.6 Å². The number of halogens is 1. The highest BCUT2D eigenvalue weighted by Crippen LogP contribution is 2.29. The summed E-state index contributed by atoms with van der Waals surface area (Å²) >= 11 is 5.01. The van der Waals surface area contributed by atoms with Crippen LogP contribution in [0.1, 0.15) is 0 Å². The number of hydrogen-bond donors (Lipinski definition) is 0. The van der Waals surface area contributed by atoms with Crippen molar-refractivity contribution in [1.29, 1.82) is 0 Å². The highest BCUT2D eigenvalue weighted by atomic mass is 79.9. The lowest BCUT2D eigenvalue weighted by Crippen LogP contribution is -2.11. The van der Waals surface area contributed by atoms with Crippen LogP contribution in [0.4, 0.5) is 0 Å². The number of nitrogens with zero attached hydrogens (tertiary/aromatic N) is 2. The molecule has 0 aliphatic rings. The normalized spacial score (nSPS) is 11.6. The molecule has 3 aromatic carbocycles. The van der Waals surface area contributed by atoms with Crippen LogP contribution in [0.25, 0.3) is 37.2 Å². The monoisotopic (exact) mass is 406 g/mol. The predicted octanol–water partition coefficient (Wildman–Crippen LogP) is 5.49. The quantitative estimate of drug-likeness (QED) is 0.368. The number of hydrogen-bond acceptors (Lipinski definition) is 3. The molecule has 0 aliphatic carbocycles. The highest BCUT2D eigenvalue weighted by Gasteiger charge is 2.12. The van der Waals surface area contributed by atoms with Gasteiger partial charge in [-0.15, -0.1) is 0 Å². The first-order chi connectivity index (χ1) is 12.2. The minimum atomic E-state index is -0.0202. The Morgan fingerprint density at radius 1 is 0.920 bits per heavy atom. The number of aromatic nitrogens is 2. The molecule has 0 amide bonds. The SMILES string of the molecule is O=c1c2ccc(-c3ccccc3)cc2sc2nc3cc(Br)ccc3n12. The number of imidazole rings is 1. The second kappa shape index (κ2) is 5.51. The molecule has 5 aromatic rings. The lowest BCUT2D eigenvalue weighted by molar-refractivity contribution is 1.20. The van der Waals surface area contributed by atoms with Crippen LogP contribution in [-0.4, -0.2) is 9.38 Å². The van der Waals surface area contributed by atoms with Gasteiger partial charge in [-0.25, -0.2) is 9.38 Å². The summed E-state index contributed by atoms with van der Waals surface area (Å²) in [7, 11) is 0. The third-order valence-electron chi connectivity index (χ3n) is 4.31. The lowest BCUT2D eigenvalue weighted by atomic mass is 10.1. The summed E-state index contributed by atoms with van der Waals surface area (Å²) in [6.45, 7) is 0. The van der Waals surface area contributed by atoms with Crippen LogP contribution in [0.3, 0.4) is 0 Å². The van der Waals surface area contributed by atoms with Gasteiger partial charge in [0.1, 0.15) is 0 Å². The van der Waals surface area contributed by atoms with Gasteiger partial charge in [0.2, 0.25) is 0 Å². The molecule has 0 saturated heterocycles. The molecule has 0 spiro atoms. The van der Waals surface area contributed by atoms with Crippen LogP contribution in [0.5, 0.6) is 0 Å². The van der Waals surface area contributed by atoms with Crippen molar-refractivity contribution in [2.45, 2.75) is 0 Å². The van der Waals surface area contributed by atoms with E-state index < -0.39 is 0 Å². The Kier molecular flexibility index (Phi) is 3.26. The molecule has 2 aromatic heterocycles. The third-order valence-corrected chi connectivity index (χ3v) is 5.82. The summed E-state index contributed by atoms with van der Waals surface area (Å²) in [5, 5.41) is 0.722. The van der Waals surface area contributed by atoms with Crippen molar-refractivity contribution in [3.63, 3.8) is 0 Å². The Labute approximate surface area is 155 Å². The number of fused-ring (bicyclic) bond motifs is 4. The maximum atomic E-state index is 13.0. The summed E-state index contributed by atoms with van der Waals surface area (Å²) in [6.07, 6.45) is 0. The minimum Gasteiger partial charge on any atom is -0.268 e. The maximum Gasteiger partial charge on any atom is 0.266 e. The van der Waals surface area contributed by atoms with Gasteiger partial charge in [0.15, 0.2) is 4.96 Å². The van der Waals surface area contributed by atoms with E-state index in [9.17, 15) is 4.79 Å². The minimum absolute atomic E-state index is 0.0202. The van der Waals surface area contributed by atoms with Crippen LogP contribution in [0.15, 0.2) is 76.0 Å². The lowest BCUT2D eigenvalue weighted by Gasteiger charge is -2.04. The standard InChI is InChI=1S/C20H11BrN2OS/c21-14-7-9-17-16(11-14)22-20-23(17)19(24)15-8-6-13(10-18(15)25-20)12-4-2-1-3-5-12/h1-11H. The fourth-order valence-electron chi connectivity index (χ4n) is 3.11. The Hall–Kier alpha value is -2.50. The fraction of sp³-hybridized carbons (Fsp3) is 0. The average molecular weight is 407 g/mol. The molecule has 0 fully saturated rings. The van der Waals surface area contributed by atoms with E-state index in [4.69, 9.17) is 0 Å². The summed E-state index contributed by atoms with van der Waals surface area (Å²) in [5.74, 6) is 0. The number of rotatable bonds is 1. The van der Waals surface area contributed by atoms with Crippen LogP contribution >= 0.6 is 27.3 Å². The highest BCUT2D eigenvalue weighted by molar-refractivity contribution is 9.10. The van der Waals surface area contributed by atoms with E-state index in [1.54, 1.807) is 15.7 Å². The van der Waals surface area contributed by atoms with Gasteiger partial charge in [-0.3, -0.25) is 4.79 Å². The third kappa shape index (κ3) is 2.31. The summed E-state index contributed by atoms with van der Waals surface area (Å²) in [6, 6.07) is 22.0. The van der Waals surface area contributed by atoms with Gasteiger partial charge >= 0.3 is 0 Å². The zero-order chi connectivity index (χ0) is 17.0. The topological polar surface area (TPSA) is 34.4 Å². The van der Waals surface area contributed by atoms with Crippen molar-refractivity contribution >= 4 is 53.3 Å². The summed E-state index contributed by atoms with van der Waals surface area (Å²) < 4.78 is 3.61. The summed E-state index contributed by atoms with van der Waals surface area (Å²) in [4.78, 5) is 18.4. The Morgan fingerprint density at radius 2 is 1.76 bits per heavy atom. The molecular weight excluding hydrogens is 396 g/mol. The molecule has 0 atom stereocenters. The maximum absolute atomic E-state index is 13.0. The second-order valence-electron chi connectivity index (χ2n) is 5.85. The largest absolute Gasteiger partial charge is 0.268 e. The van der Waals surface area contributed by atoms with E-state index in [2.05, 4.69) is 39.1 Å². The van der Waals surface area contributed by atoms with E-state index in [-0.39, 0.29) is 5.56 Å². The first-order valence-electron chi connectivity index (χ1n) is 7.81. The van der Waals surface area contributed by atoms with E-state index >= 15 is 0 Å². The smallest absolute Gasteiger partial charge is 0.266 e. The molecule has 5 rings (SSSR count). The van der Waals surface area contributed by atoms with Crippen LogP contribution in [0.2, 0.25) is 0 Å². The van der Waals surface area contributed by atoms with Gasteiger partial charge in [-0.1, -0.05) is 63.7 Å². The molecule has 3 nitrogen and oxygen atoms in total. The molecule has 2 heterocycles. The first-order valence-corrected chi connectivity index (χ1v) is 9.42. The average Bonchev–Trinajstić information content (AvgIpc) is 2.99. The number of benzene rings is 3. The van der Waals surface area contributed by atoms with Gasteiger partial charge in [0.25, 0.3) is 5.56 Å². The van der Waals surface area contributed by atoms with Gasteiger partial charge in [0, 0.05) is 9.17 Å². The molecule has 0 bridgehead atoms. The second-order valence-corrected chi connectivity index (χ2v) is 7.77. The molecule has 0 radical (unpaired) electrons. The molecular formula is C20H11BrN2OS. The molecule has 120 valence electrons. The van der Waals surface area contributed by atoms with Crippen molar-refractivity contribution in [3.8, 4) is 11.1 Å². The van der Waals surface area contributed by atoms with Crippen LogP contribution in [-0.2, 0) is 0 Å². The van der Waals surface area contributed by atoms with E-state index in [0.29, 0.717) is 0 Å². The van der Waals surface area contributed by atoms with Gasteiger partial charge < -0.3 is 0 Å². The zero-order valence-corrected chi connectivity index (χ0v) is 15.3. The molecule has 0 aliphatic heterocycles. The van der Waals surface area contributed by atoms with Crippen molar-refractivity contribution in [1.82, 2.24) is 9.38 Å². The van der Waals surface area contributed by atoms with Gasteiger partial charge in [-0.2, -0.15) is 0 Å². The van der Waals surface area contributed by atoms with Crippen molar-refractivity contribution in [2.75, 3.05) is 0 Å². The zero-order valence-electron chi connectivity index (χ0n) is 12.9. The van der Waals surface area contributed by atoms with Crippen molar-refractivity contribution < 1.29 is 0 Å².